The number of unbranched alkanes of at least 4 members (excludes halogenated alkanes) is 6. The lowest BCUT2D eigenvalue weighted by Gasteiger charge is -2.32. The Balaban J connectivity index is 0.000000187. The Morgan fingerprint density at radius 2 is 0.829 bits per heavy atom. The van der Waals surface area contributed by atoms with Gasteiger partial charge in [-0.15, -0.1) is 0 Å². The van der Waals surface area contributed by atoms with E-state index in [-0.39, 0.29) is 36.6 Å². The molecule has 0 radical (unpaired) electrons. The first-order valence-corrected chi connectivity index (χ1v) is 29.4. The summed E-state index contributed by atoms with van der Waals surface area (Å²) in [7, 11) is -0.698. The molecule has 8 aromatic rings. The van der Waals surface area contributed by atoms with Crippen LogP contribution < -0.4 is 15.8 Å². The van der Waals surface area contributed by atoms with E-state index >= 15 is 0 Å². The molecule has 76 heavy (non-hydrogen) atoms. The molecule has 0 aliphatic carbocycles. The smallest absolute Gasteiger partial charge is 0.399 e. The van der Waals surface area contributed by atoms with E-state index in [1.807, 2.05) is 0 Å². The second kappa shape index (κ2) is 23.6. The number of anilines is 3. The third-order valence-corrected chi connectivity index (χ3v) is 17.4. The summed E-state index contributed by atoms with van der Waals surface area (Å²) in [6, 6.07) is 56.5. The number of aromatic nitrogens is 1. The van der Waals surface area contributed by atoms with Gasteiger partial charge in [0.25, 0.3) is 0 Å². The average molecular weight is 1140 g/mol. The predicted octanol–water partition coefficient (Wildman–Crippen LogP) is 18.0. The van der Waals surface area contributed by atoms with Gasteiger partial charge in [-0.3, -0.25) is 0 Å². The molecule has 0 unspecified atom stereocenters. The zero-order valence-electron chi connectivity index (χ0n) is 46.5. The quantitative estimate of drug-likeness (QED) is 0.0672. The fourth-order valence-corrected chi connectivity index (χ4v) is 11.0. The first kappa shape index (κ1) is 55.8. The molecule has 0 bridgehead atoms. The number of aryl methyl sites for hydroxylation is 2. The molecule has 2 aliphatic heterocycles. The van der Waals surface area contributed by atoms with Crippen molar-refractivity contribution >= 4 is 95.9 Å². The maximum atomic E-state index is 6.56. The molecule has 7 aromatic carbocycles. The van der Waals surface area contributed by atoms with E-state index in [4.69, 9.17) is 18.6 Å². The minimum absolute atomic E-state index is 0.349. The van der Waals surface area contributed by atoms with E-state index in [1.165, 1.54) is 112 Å². The Morgan fingerprint density at radius 3 is 1.29 bits per heavy atom. The van der Waals surface area contributed by atoms with Gasteiger partial charge in [0.1, 0.15) is 0 Å². The Bertz CT molecular complexity index is 3080. The second-order valence-corrected chi connectivity index (χ2v) is 24.6. The van der Waals surface area contributed by atoms with E-state index < -0.39 is 0 Å². The number of para-hydroxylation sites is 2. The van der Waals surface area contributed by atoms with Crippen LogP contribution in [0.1, 0.15) is 132 Å². The van der Waals surface area contributed by atoms with Crippen LogP contribution in [-0.4, -0.2) is 41.2 Å². The lowest BCUT2D eigenvalue weighted by atomic mass is 9.67. The molecular formula is C66H76B2Br2N2O4. The van der Waals surface area contributed by atoms with Gasteiger partial charge < -0.3 is 28.1 Å². The summed E-state index contributed by atoms with van der Waals surface area (Å²) in [5.74, 6) is 0. The number of hydrogen-bond acceptors (Lipinski definition) is 5. The van der Waals surface area contributed by atoms with Gasteiger partial charge in [-0.25, -0.2) is 0 Å². The first-order chi connectivity index (χ1) is 36.4. The number of nitrogens with zero attached hydrogens (tertiary/aromatic N) is 2. The molecule has 10 heteroatoms. The van der Waals surface area contributed by atoms with Crippen LogP contribution in [0, 0.1) is 0 Å². The zero-order chi connectivity index (χ0) is 53.8. The standard InChI is InChI=1S/C36H24Br2N2.C30H52B2O4/c37-27-13-19-31(20-14-27)39(32-21-15-28(38)16-22-32)30-17-10-25(11-18-30)26-12-23-36-34(24-26)33-8-4-5-9-35(33)40(36)29-6-2-1-3-7-29;1-11-13-15-17-19-23-21-26(32-35-29(7,8)30(9,10)36-32)24(20-18-16-14-12-2)22-25(23)31-33-27(3,4)28(5,6)34-31/h1-24H;21-22H,11-20H2,1-10H3. The molecule has 2 aliphatic rings. The summed E-state index contributed by atoms with van der Waals surface area (Å²) >= 11 is 7.15. The van der Waals surface area contributed by atoms with Gasteiger partial charge in [-0.05, 0) is 205 Å². The third kappa shape index (κ3) is 12.0. The highest BCUT2D eigenvalue weighted by atomic mass is 79.9. The summed E-state index contributed by atoms with van der Waals surface area (Å²) in [4.78, 5) is 2.28. The molecule has 0 spiro atoms. The van der Waals surface area contributed by atoms with Crippen LogP contribution in [-0.2, 0) is 31.5 Å². The van der Waals surface area contributed by atoms with Crippen molar-refractivity contribution in [2.24, 2.45) is 0 Å². The zero-order valence-corrected chi connectivity index (χ0v) is 49.7. The fourth-order valence-electron chi connectivity index (χ4n) is 10.5. The fraction of sp³-hybridized carbons (Fsp3) is 0.364. The number of rotatable bonds is 17. The van der Waals surface area contributed by atoms with E-state index in [2.05, 4.69) is 268 Å². The summed E-state index contributed by atoms with van der Waals surface area (Å²) in [5.41, 5.74) is 12.9. The van der Waals surface area contributed by atoms with Crippen molar-refractivity contribution in [2.45, 2.75) is 156 Å². The van der Waals surface area contributed by atoms with E-state index in [0.717, 1.165) is 38.8 Å². The molecule has 0 amide bonds. The van der Waals surface area contributed by atoms with Gasteiger partial charge >= 0.3 is 14.2 Å². The van der Waals surface area contributed by atoms with E-state index in [1.54, 1.807) is 0 Å². The van der Waals surface area contributed by atoms with Crippen molar-refractivity contribution in [3.8, 4) is 16.8 Å². The molecular weight excluding hydrogens is 1070 g/mol. The number of benzene rings is 7. The van der Waals surface area contributed by atoms with Crippen LogP contribution in [0.5, 0.6) is 0 Å². The largest absolute Gasteiger partial charge is 0.495 e. The minimum Gasteiger partial charge on any atom is -0.399 e. The molecule has 0 atom stereocenters. The highest BCUT2D eigenvalue weighted by molar-refractivity contribution is 9.10. The summed E-state index contributed by atoms with van der Waals surface area (Å²) in [5, 5.41) is 2.52. The SMILES string of the molecule is Brc1ccc(N(c2ccc(Br)cc2)c2ccc(-c3ccc4c(c3)c3ccccc3n4-c3ccccc3)cc2)cc1.CCCCCCc1cc(B2OC(C)(C)C(C)(C)O2)c(CCCCCC)cc1B1OC(C)(C)C(C)(C)O1. The molecule has 0 N–H and O–H groups in total. The van der Waals surface area contributed by atoms with Crippen molar-refractivity contribution in [1.82, 2.24) is 4.57 Å². The van der Waals surface area contributed by atoms with Crippen LogP contribution in [0.3, 0.4) is 0 Å². The molecule has 2 saturated heterocycles. The number of fused-ring (bicyclic) bond motifs is 3. The maximum Gasteiger partial charge on any atom is 0.495 e. The van der Waals surface area contributed by atoms with Crippen LogP contribution in [0.25, 0.3) is 38.6 Å². The van der Waals surface area contributed by atoms with Crippen LogP contribution >= 0.6 is 31.9 Å². The van der Waals surface area contributed by atoms with Crippen molar-refractivity contribution < 1.29 is 18.6 Å². The van der Waals surface area contributed by atoms with E-state index in [0.29, 0.717) is 0 Å². The molecule has 6 nitrogen and oxygen atoms in total. The first-order valence-electron chi connectivity index (χ1n) is 27.8. The molecule has 10 rings (SSSR count). The average Bonchev–Trinajstić information content (AvgIpc) is 4.01. The van der Waals surface area contributed by atoms with Crippen molar-refractivity contribution in [3.05, 3.63) is 178 Å². The van der Waals surface area contributed by atoms with Gasteiger partial charge in [0.2, 0.25) is 0 Å². The summed E-state index contributed by atoms with van der Waals surface area (Å²) in [6.07, 6.45) is 11.9. The van der Waals surface area contributed by atoms with Gasteiger partial charge in [-0.2, -0.15) is 0 Å². The molecule has 1 aromatic heterocycles. The predicted molar refractivity (Wildman–Crippen MR) is 330 cm³/mol. The van der Waals surface area contributed by atoms with Crippen LogP contribution in [0.4, 0.5) is 17.1 Å². The third-order valence-electron chi connectivity index (χ3n) is 16.3. The highest BCUT2D eigenvalue weighted by Crippen LogP contribution is 2.41. The van der Waals surface area contributed by atoms with Crippen LogP contribution in [0.2, 0.25) is 0 Å². The summed E-state index contributed by atoms with van der Waals surface area (Å²) in [6.45, 7) is 21.6. The van der Waals surface area contributed by atoms with Gasteiger partial charge in [0.15, 0.2) is 0 Å². The van der Waals surface area contributed by atoms with Crippen molar-refractivity contribution in [1.29, 1.82) is 0 Å². The molecule has 0 saturated carbocycles. The highest BCUT2D eigenvalue weighted by Gasteiger charge is 2.54. The normalized spacial score (nSPS) is 16.3. The van der Waals surface area contributed by atoms with Gasteiger partial charge in [-0.1, -0.05) is 151 Å². The number of halogens is 2. The Hall–Kier alpha value is -4.93. The Kier molecular flexibility index (Phi) is 17.3. The minimum atomic E-state index is -0.358. The topological polar surface area (TPSA) is 45.1 Å². The van der Waals surface area contributed by atoms with Gasteiger partial charge in [0.05, 0.1) is 33.4 Å². The Morgan fingerprint density at radius 1 is 0.421 bits per heavy atom. The monoisotopic (exact) mass is 1140 g/mol. The Labute approximate surface area is 471 Å². The van der Waals surface area contributed by atoms with E-state index in [9.17, 15) is 0 Å². The number of hydrogen-bond donors (Lipinski definition) is 0. The van der Waals surface area contributed by atoms with Crippen molar-refractivity contribution in [2.75, 3.05) is 4.90 Å². The lowest BCUT2D eigenvalue weighted by molar-refractivity contribution is 0.00578. The molecule has 2 fully saturated rings. The molecule has 394 valence electrons. The van der Waals surface area contributed by atoms with Crippen molar-refractivity contribution in [3.63, 3.8) is 0 Å². The molecule has 3 heterocycles. The maximum absolute atomic E-state index is 6.56. The lowest BCUT2D eigenvalue weighted by Crippen LogP contribution is -2.43. The van der Waals surface area contributed by atoms with Crippen LogP contribution in [0.15, 0.2) is 167 Å². The van der Waals surface area contributed by atoms with Gasteiger partial charge in [0, 0.05) is 42.5 Å². The summed E-state index contributed by atoms with van der Waals surface area (Å²) < 4.78 is 30.7. The second-order valence-electron chi connectivity index (χ2n) is 22.8.